The predicted octanol–water partition coefficient (Wildman–Crippen LogP) is 2.32. The predicted molar refractivity (Wildman–Crippen MR) is 147 cm³/mol. The van der Waals surface area contributed by atoms with Crippen LogP contribution in [0.2, 0.25) is 0 Å². The van der Waals surface area contributed by atoms with E-state index in [4.69, 9.17) is 5.73 Å². The molecule has 1 aromatic heterocycles. The van der Waals surface area contributed by atoms with E-state index in [2.05, 4.69) is 20.9 Å². The first-order chi connectivity index (χ1) is 17.9. The van der Waals surface area contributed by atoms with Gasteiger partial charge >= 0.3 is 5.97 Å². The smallest absolute Gasteiger partial charge is 0.326 e. The molecule has 2 aromatic rings. The summed E-state index contributed by atoms with van der Waals surface area (Å²) in [4.78, 5) is 54.3. The zero-order valence-electron chi connectivity index (χ0n) is 23.2. The number of nitrogens with one attached hydrogen (secondary N) is 4. The first kappa shape index (κ1) is 30.8. The highest BCUT2D eigenvalue weighted by Crippen LogP contribution is 2.19. The van der Waals surface area contributed by atoms with Gasteiger partial charge in [0.05, 0.1) is 6.04 Å². The summed E-state index contributed by atoms with van der Waals surface area (Å²) in [7, 11) is 0. The number of aliphatic carboxylic acids is 1. The monoisotopic (exact) mass is 529 g/mol. The van der Waals surface area contributed by atoms with E-state index in [-0.39, 0.29) is 24.2 Å². The second-order valence-corrected chi connectivity index (χ2v) is 10.5. The highest BCUT2D eigenvalue weighted by atomic mass is 16.4. The summed E-state index contributed by atoms with van der Waals surface area (Å²) in [6.45, 7) is 10.9. The van der Waals surface area contributed by atoms with Crippen molar-refractivity contribution in [3.05, 3.63) is 36.0 Å². The molecule has 0 bridgehead atoms. The molecule has 38 heavy (non-hydrogen) atoms. The maximum absolute atomic E-state index is 13.3. The summed E-state index contributed by atoms with van der Waals surface area (Å²) < 4.78 is 0. The van der Waals surface area contributed by atoms with Gasteiger partial charge in [-0.2, -0.15) is 0 Å². The van der Waals surface area contributed by atoms with Crippen molar-refractivity contribution in [2.75, 3.05) is 0 Å². The topological polar surface area (TPSA) is 166 Å². The Morgan fingerprint density at radius 3 is 1.95 bits per heavy atom. The Balaban J connectivity index is 2.13. The van der Waals surface area contributed by atoms with Crippen LogP contribution in [-0.4, -0.2) is 57.9 Å². The van der Waals surface area contributed by atoms with Gasteiger partial charge < -0.3 is 31.8 Å². The molecule has 10 nitrogen and oxygen atoms in total. The molecule has 0 radical (unpaired) electrons. The molecule has 3 amide bonds. The van der Waals surface area contributed by atoms with Gasteiger partial charge in [0.2, 0.25) is 17.7 Å². The molecule has 210 valence electrons. The minimum Gasteiger partial charge on any atom is -0.480 e. The van der Waals surface area contributed by atoms with E-state index in [9.17, 15) is 24.3 Å². The number of para-hydroxylation sites is 1. The molecular weight excluding hydrogens is 486 g/mol. The fourth-order valence-corrected chi connectivity index (χ4v) is 4.30. The van der Waals surface area contributed by atoms with Crippen molar-refractivity contribution >= 4 is 34.6 Å². The molecule has 0 aliphatic rings. The lowest BCUT2D eigenvalue weighted by molar-refractivity contribution is -0.144. The van der Waals surface area contributed by atoms with Gasteiger partial charge in [0.1, 0.15) is 18.1 Å². The molecule has 0 spiro atoms. The molecule has 10 heteroatoms. The molecular formula is C28H43N5O5. The van der Waals surface area contributed by atoms with Crippen LogP contribution in [0, 0.1) is 17.8 Å². The second kappa shape index (κ2) is 13.9. The molecule has 0 saturated heterocycles. The van der Waals surface area contributed by atoms with Crippen molar-refractivity contribution in [2.24, 2.45) is 23.5 Å². The Morgan fingerprint density at radius 2 is 1.37 bits per heavy atom. The SMILES string of the molecule is CCC(C)C(NC(=O)C(NC(=O)C(NC(=O)C(N)Cc1c[nH]c2ccccc12)C(C)C)C(C)CC)C(=O)O. The fraction of sp³-hybridized carbons (Fsp3) is 0.571. The summed E-state index contributed by atoms with van der Waals surface area (Å²) in [5, 5.41) is 18.7. The van der Waals surface area contributed by atoms with Crippen molar-refractivity contribution in [2.45, 2.75) is 85.0 Å². The van der Waals surface area contributed by atoms with Gasteiger partial charge in [-0.25, -0.2) is 4.79 Å². The van der Waals surface area contributed by atoms with Crippen molar-refractivity contribution < 1.29 is 24.3 Å². The Hall–Kier alpha value is -3.40. The number of aromatic amines is 1. The van der Waals surface area contributed by atoms with Crippen LogP contribution < -0.4 is 21.7 Å². The average molecular weight is 530 g/mol. The van der Waals surface area contributed by atoms with E-state index >= 15 is 0 Å². The normalized spacial score (nSPS) is 16.2. The third kappa shape index (κ3) is 7.80. The van der Waals surface area contributed by atoms with Gasteiger partial charge in [0, 0.05) is 17.1 Å². The highest BCUT2D eigenvalue weighted by Gasteiger charge is 2.34. The van der Waals surface area contributed by atoms with E-state index in [1.807, 2.05) is 51.2 Å². The third-order valence-electron chi connectivity index (χ3n) is 7.27. The molecule has 0 aliphatic heterocycles. The maximum Gasteiger partial charge on any atom is 0.326 e. The number of nitrogens with two attached hydrogens (primary N) is 1. The van der Waals surface area contributed by atoms with Crippen molar-refractivity contribution in [3.63, 3.8) is 0 Å². The van der Waals surface area contributed by atoms with E-state index < -0.39 is 47.9 Å². The number of carbonyl (C=O) groups excluding carboxylic acids is 3. The lowest BCUT2D eigenvalue weighted by Crippen LogP contribution is -2.60. The van der Waals surface area contributed by atoms with Crippen LogP contribution in [0.3, 0.4) is 0 Å². The standard InChI is InChI=1S/C28H43N5O5/c1-7-16(5)23(27(36)33-24(28(37)38)17(6)8-2)32-26(35)22(15(3)4)31-25(34)20(29)13-18-14-30-21-12-10-9-11-19(18)21/h9-12,14-17,20,22-24,30H,7-8,13,29H2,1-6H3,(H,31,34)(H,32,35)(H,33,36)(H,37,38). The Labute approximate surface area is 224 Å². The van der Waals surface area contributed by atoms with Gasteiger partial charge in [-0.05, 0) is 35.8 Å². The minimum atomic E-state index is -1.13. The summed E-state index contributed by atoms with van der Waals surface area (Å²) in [5.41, 5.74) is 8.06. The number of aromatic nitrogens is 1. The fourth-order valence-electron chi connectivity index (χ4n) is 4.30. The van der Waals surface area contributed by atoms with Gasteiger partial charge in [-0.1, -0.05) is 72.6 Å². The van der Waals surface area contributed by atoms with Crippen LogP contribution in [0.15, 0.2) is 30.5 Å². The Kier molecular flexibility index (Phi) is 11.3. The third-order valence-corrected chi connectivity index (χ3v) is 7.27. The Morgan fingerprint density at radius 1 is 0.842 bits per heavy atom. The van der Waals surface area contributed by atoms with Gasteiger partial charge in [0.25, 0.3) is 0 Å². The highest BCUT2D eigenvalue weighted by molar-refractivity contribution is 5.94. The van der Waals surface area contributed by atoms with E-state index in [0.29, 0.717) is 12.8 Å². The number of amides is 3. The summed E-state index contributed by atoms with van der Waals surface area (Å²) in [6.07, 6.45) is 3.25. The number of carboxylic acids is 1. The molecule has 0 aliphatic carbocycles. The average Bonchev–Trinajstić information content (AvgIpc) is 3.29. The van der Waals surface area contributed by atoms with Crippen LogP contribution in [-0.2, 0) is 25.6 Å². The summed E-state index contributed by atoms with van der Waals surface area (Å²) in [6, 6.07) is 3.87. The minimum absolute atomic E-state index is 0.266. The number of fused-ring (bicyclic) bond motifs is 1. The van der Waals surface area contributed by atoms with E-state index in [0.717, 1.165) is 16.5 Å². The number of carbonyl (C=O) groups is 4. The van der Waals surface area contributed by atoms with Crippen LogP contribution in [0.4, 0.5) is 0 Å². The second-order valence-electron chi connectivity index (χ2n) is 10.5. The van der Waals surface area contributed by atoms with Crippen LogP contribution in [0.5, 0.6) is 0 Å². The quantitative estimate of drug-likeness (QED) is 0.220. The first-order valence-corrected chi connectivity index (χ1v) is 13.4. The largest absolute Gasteiger partial charge is 0.480 e. The van der Waals surface area contributed by atoms with Crippen LogP contribution >= 0.6 is 0 Å². The van der Waals surface area contributed by atoms with Crippen molar-refractivity contribution in [3.8, 4) is 0 Å². The number of H-pyrrole nitrogens is 1. The lowest BCUT2D eigenvalue weighted by atomic mass is 9.94. The molecule has 6 atom stereocenters. The Bertz CT molecular complexity index is 1110. The molecule has 0 fully saturated rings. The van der Waals surface area contributed by atoms with E-state index in [1.165, 1.54) is 0 Å². The number of benzene rings is 1. The molecule has 6 unspecified atom stereocenters. The molecule has 1 aromatic carbocycles. The summed E-state index contributed by atoms with van der Waals surface area (Å²) in [5.74, 6) is -3.53. The number of rotatable bonds is 14. The van der Waals surface area contributed by atoms with Crippen LogP contribution in [0.1, 0.15) is 59.9 Å². The molecule has 0 saturated carbocycles. The molecule has 1 heterocycles. The lowest BCUT2D eigenvalue weighted by Gasteiger charge is -2.30. The number of hydrogen-bond donors (Lipinski definition) is 6. The van der Waals surface area contributed by atoms with E-state index in [1.54, 1.807) is 20.8 Å². The van der Waals surface area contributed by atoms with Gasteiger partial charge in [-0.15, -0.1) is 0 Å². The van der Waals surface area contributed by atoms with Crippen molar-refractivity contribution in [1.29, 1.82) is 0 Å². The van der Waals surface area contributed by atoms with Gasteiger partial charge in [-0.3, -0.25) is 14.4 Å². The van der Waals surface area contributed by atoms with Gasteiger partial charge in [0.15, 0.2) is 0 Å². The molecule has 2 rings (SSSR count). The van der Waals surface area contributed by atoms with Crippen molar-refractivity contribution in [1.82, 2.24) is 20.9 Å². The zero-order valence-corrected chi connectivity index (χ0v) is 23.2. The maximum atomic E-state index is 13.3. The number of carboxylic acid groups (broad SMARTS) is 1. The first-order valence-electron chi connectivity index (χ1n) is 13.4. The number of hydrogen-bond acceptors (Lipinski definition) is 5. The molecule has 7 N–H and O–H groups in total. The summed E-state index contributed by atoms with van der Waals surface area (Å²) >= 11 is 0. The van der Waals surface area contributed by atoms with Crippen LogP contribution in [0.25, 0.3) is 10.9 Å². The zero-order chi connectivity index (χ0) is 28.6.